The number of carboxylic acid groups (broad SMARTS) is 1. The van der Waals surface area contributed by atoms with Crippen molar-refractivity contribution in [2.75, 3.05) is 31.1 Å². The van der Waals surface area contributed by atoms with Crippen LogP contribution in [0.1, 0.15) is 23.2 Å². The van der Waals surface area contributed by atoms with Gasteiger partial charge in [0.25, 0.3) is 0 Å². The maximum Gasteiger partial charge on any atom is 0.340 e. The molecule has 2 aliphatic rings. The Hall–Kier alpha value is -1.62. The molecular formula is C14H17FN2O2. The highest BCUT2D eigenvalue weighted by atomic mass is 19.1. The van der Waals surface area contributed by atoms with Gasteiger partial charge in [0.1, 0.15) is 11.4 Å². The van der Waals surface area contributed by atoms with E-state index in [4.69, 9.17) is 5.11 Å². The van der Waals surface area contributed by atoms with Gasteiger partial charge in [0.05, 0.1) is 5.69 Å². The van der Waals surface area contributed by atoms with Crippen LogP contribution in [0.15, 0.2) is 18.2 Å². The van der Waals surface area contributed by atoms with E-state index in [9.17, 15) is 9.18 Å². The van der Waals surface area contributed by atoms with E-state index in [1.54, 1.807) is 12.1 Å². The molecule has 1 aromatic carbocycles. The van der Waals surface area contributed by atoms with Gasteiger partial charge in [-0.15, -0.1) is 0 Å². The highest BCUT2D eigenvalue weighted by Gasteiger charge is 2.32. The summed E-state index contributed by atoms with van der Waals surface area (Å²) in [5.74, 6) is -1.85. The molecule has 1 aliphatic heterocycles. The third kappa shape index (κ3) is 2.42. The second kappa shape index (κ2) is 4.81. The lowest BCUT2D eigenvalue weighted by atomic mass is 10.1. The molecule has 1 N–H and O–H groups in total. The molecule has 3 rings (SSSR count). The van der Waals surface area contributed by atoms with E-state index in [0.717, 1.165) is 32.2 Å². The van der Waals surface area contributed by atoms with Crippen molar-refractivity contribution in [3.05, 3.63) is 29.6 Å². The van der Waals surface area contributed by atoms with E-state index in [1.165, 1.54) is 18.9 Å². The molecule has 1 saturated heterocycles. The van der Waals surface area contributed by atoms with Gasteiger partial charge in [0.2, 0.25) is 0 Å². The Morgan fingerprint density at radius 1 is 1.21 bits per heavy atom. The van der Waals surface area contributed by atoms with E-state index < -0.39 is 11.8 Å². The quantitative estimate of drug-likeness (QED) is 0.904. The summed E-state index contributed by atoms with van der Waals surface area (Å²) in [5, 5.41) is 9.15. The zero-order valence-corrected chi connectivity index (χ0v) is 10.7. The fraction of sp³-hybridized carbons (Fsp3) is 0.500. The first-order chi connectivity index (χ1) is 9.16. The molecule has 0 radical (unpaired) electrons. The average Bonchev–Trinajstić information content (AvgIpc) is 3.22. The molecule has 5 heteroatoms. The topological polar surface area (TPSA) is 43.8 Å². The van der Waals surface area contributed by atoms with Crippen molar-refractivity contribution < 1.29 is 14.3 Å². The summed E-state index contributed by atoms with van der Waals surface area (Å²) in [6.45, 7) is 3.39. The number of carbonyl (C=O) groups is 1. The van der Waals surface area contributed by atoms with Crippen molar-refractivity contribution in [2.24, 2.45) is 0 Å². The lowest BCUT2D eigenvalue weighted by Crippen LogP contribution is -2.47. The maximum atomic E-state index is 13.7. The normalized spacial score (nSPS) is 20.6. The van der Waals surface area contributed by atoms with Crippen LogP contribution in [0, 0.1) is 5.82 Å². The summed E-state index contributed by atoms with van der Waals surface area (Å²) in [4.78, 5) is 15.6. The van der Waals surface area contributed by atoms with Gasteiger partial charge in [-0.2, -0.15) is 0 Å². The zero-order valence-electron chi connectivity index (χ0n) is 10.7. The van der Waals surface area contributed by atoms with Crippen molar-refractivity contribution in [1.82, 2.24) is 4.90 Å². The molecular weight excluding hydrogens is 247 g/mol. The number of halogens is 1. The molecule has 0 unspecified atom stereocenters. The van der Waals surface area contributed by atoms with Gasteiger partial charge in [-0.25, -0.2) is 9.18 Å². The van der Waals surface area contributed by atoms with E-state index in [-0.39, 0.29) is 5.56 Å². The Bertz CT molecular complexity index is 494. The molecule has 0 bridgehead atoms. The number of piperazine rings is 1. The molecule has 4 nitrogen and oxygen atoms in total. The van der Waals surface area contributed by atoms with Crippen molar-refractivity contribution in [2.45, 2.75) is 18.9 Å². The van der Waals surface area contributed by atoms with Gasteiger partial charge in [0.15, 0.2) is 0 Å². The number of rotatable bonds is 3. The molecule has 102 valence electrons. The van der Waals surface area contributed by atoms with Crippen LogP contribution >= 0.6 is 0 Å². The third-order valence-corrected chi connectivity index (χ3v) is 3.92. The van der Waals surface area contributed by atoms with Gasteiger partial charge >= 0.3 is 5.97 Å². The first-order valence-electron chi connectivity index (χ1n) is 6.67. The van der Waals surface area contributed by atoms with Crippen LogP contribution in [-0.4, -0.2) is 48.2 Å². The fourth-order valence-corrected chi connectivity index (χ4v) is 2.76. The SMILES string of the molecule is O=C(O)c1c(F)cccc1N1CCN(C2CC2)CC1. The van der Waals surface area contributed by atoms with Crippen molar-refractivity contribution in [3.63, 3.8) is 0 Å². The van der Waals surface area contributed by atoms with E-state index in [1.807, 2.05) is 4.90 Å². The minimum atomic E-state index is -1.20. The van der Waals surface area contributed by atoms with Crippen LogP contribution in [0.2, 0.25) is 0 Å². The molecule has 0 atom stereocenters. The predicted octanol–water partition coefficient (Wildman–Crippen LogP) is 1.81. The van der Waals surface area contributed by atoms with Crippen molar-refractivity contribution in [1.29, 1.82) is 0 Å². The third-order valence-electron chi connectivity index (χ3n) is 3.92. The molecule has 1 heterocycles. The summed E-state index contributed by atoms with van der Waals surface area (Å²) in [7, 11) is 0. The largest absolute Gasteiger partial charge is 0.478 e. The lowest BCUT2D eigenvalue weighted by Gasteiger charge is -2.36. The van der Waals surface area contributed by atoms with Crippen LogP contribution in [-0.2, 0) is 0 Å². The van der Waals surface area contributed by atoms with Crippen molar-refractivity contribution in [3.8, 4) is 0 Å². The van der Waals surface area contributed by atoms with Gasteiger partial charge in [-0.1, -0.05) is 6.07 Å². The summed E-state index contributed by atoms with van der Waals surface area (Å²) in [6, 6.07) is 5.20. The van der Waals surface area contributed by atoms with Gasteiger partial charge in [0, 0.05) is 32.2 Å². The molecule has 0 aromatic heterocycles. The Labute approximate surface area is 111 Å². The molecule has 1 aromatic rings. The molecule has 0 amide bonds. The lowest BCUT2D eigenvalue weighted by molar-refractivity contribution is 0.0692. The smallest absolute Gasteiger partial charge is 0.340 e. The standard InChI is InChI=1S/C14H17FN2O2/c15-11-2-1-3-12(13(11)14(18)19)17-8-6-16(7-9-17)10-4-5-10/h1-3,10H,4-9H2,(H,18,19). The van der Waals surface area contributed by atoms with Crippen LogP contribution in [0.4, 0.5) is 10.1 Å². The van der Waals surface area contributed by atoms with Crippen LogP contribution in [0.3, 0.4) is 0 Å². The highest BCUT2D eigenvalue weighted by Crippen LogP contribution is 2.30. The van der Waals surface area contributed by atoms with Crippen LogP contribution in [0.5, 0.6) is 0 Å². The Balaban J connectivity index is 1.79. The summed E-state index contributed by atoms with van der Waals surface area (Å²) in [6.07, 6.45) is 2.56. The minimum Gasteiger partial charge on any atom is -0.478 e. The van der Waals surface area contributed by atoms with E-state index in [2.05, 4.69) is 4.90 Å². The Morgan fingerprint density at radius 3 is 2.47 bits per heavy atom. The number of hydrogen-bond acceptors (Lipinski definition) is 3. The molecule has 0 spiro atoms. The molecule has 1 saturated carbocycles. The number of nitrogens with zero attached hydrogens (tertiary/aromatic N) is 2. The van der Waals surface area contributed by atoms with Gasteiger partial charge in [-0.05, 0) is 25.0 Å². The Morgan fingerprint density at radius 2 is 1.89 bits per heavy atom. The molecule has 19 heavy (non-hydrogen) atoms. The number of aromatic carboxylic acids is 1. The second-order valence-electron chi connectivity index (χ2n) is 5.19. The van der Waals surface area contributed by atoms with E-state index >= 15 is 0 Å². The average molecular weight is 264 g/mol. The number of anilines is 1. The van der Waals surface area contributed by atoms with Crippen molar-refractivity contribution >= 4 is 11.7 Å². The number of benzene rings is 1. The monoisotopic (exact) mass is 264 g/mol. The first kappa shape index (κ1) is 12.4. The fourth-order valence-electron chi connectivity index (χ4n) is 2.76. The zero-order chi connectivity index (χ0) is 13.4. The molecule has 1 aliphatic carbocycles. The summed E-state index contributed by atoms with van der Waals surface area (Å²) < 4.78 is 13.7. The predicted molar refractivity (Wildman–Crippen MR) is 70.2 cm³/mol. The minimum absolute atomic E-state index is 0.206. The molecule has 2 fully saturated rings. The highest BCUT2D eigenvalue weighted by molar-refractivity contribution is 5.94. The van der Waals surface area contributed by atoms with Crippen LogP contribution < -0.4 is 4.90 Å². The van der Waals surface area contributed by atoms with Gasteiger partial charge in [-0.3, -0.25) is 4.90 Å². The van der Waals surface area contributed by atoms with Gasteiger partial charge < -0.3 is 10.0 Å². The summed E-state index contributed by atoms with van der Waals surface area (Å²) >= 11 is 0. The van der Waals surface area contributed by atoms with Crippen LogP contribution in [0.25, 0.3) is 0 Å². The number of hydrogen-bond donors (Lipinski definition) is 1. The second-order valence-corrected chi connectivity index (χ2v) is 5.19. The first-order valence-corrected chi connectivity index (χ1v) is 6.67. The maximum absolute atomic E-state index is 13.7. The van der Waals surface area contributed by atoms with E-state index in [0.29, 0.717) is 5.69 Å². The number of carboxylic acids is 1. The Kier molecular flexibility index (Phi) is 3.14. The summed E-state index contributed by atoms with van der Waals surface area (Å²) in [5.41, 5.74) is 0.297.